The summed E-state index contributed by atoms with van der Waals surface area (Å²) in [5, 5.41) is 2.63. The number of carbonyl (C=O) groups excluding carboxylic acids is 1. The standard InChI is InChI=1S/C12H15N5O3S/c1-21(19,20)16-5-4-15-12(18)10-2-3-14-11(8-10)17-7-6-13-9-17/h2-3,6-9,16H,4-5H2,1H3,(H,15,18). The molecule has 0 aliphatic heterocycles. The zero-order valence-corrected chi connectivity index (χ0v) is 12.2. The van der Waals surface area contributed by atoms with Crippen molar-refractivity contribution in [3.8, 4) is 5.82 Å². The van der Waals surface area contributed by atoms with Gasteiger partial charge in [0, 0.05) is 37.2 Å². The van der Waals surface area contributed by atoms with E-state index in [-0.39, 0.29) is 19.0 Å². The third kappa shape index (κ3) is 4.65. The second-order valence-electron chi connectivity index (χ2n) is 4.30. The Balaban J connectivity index is 1.95. The van der Waals surface area contributed by atoms with Crippen LogP contribution in [-0.2, 0) is 10.0 Å². The minimum atomic E-state index is -3.24. The average Bonchev–Trinajstić information content (AvgIpc) is 2.96. The molecule has 2 rings (SSSR count). The van der Waals surface area contributed by atoms with Crippen LogP contribution in [0.5, 0.6) is 0 Å². The fourth-order valence-electron chi connectivity index (χ4n) is 1.61. The van der Waals surface area contributed by atoms with Gasteiger partial charge in [-0.2, -0.15) is 0 Å². The molecule has 0 radical (unpaired) electrons. The molecule has 0 bridgehead atoms. The van der Waals surface area contributed by atoms with Gasteiger partial charge in [-0.25, -0.2) is 23.1 Å². The third-order valence-electron chi connectivity index (χ3n) is 2.55. The van der Waals surface area contributed by atoms with Crippen molar-refractivity contribution >= 4 is 15.9 Å². The number of hydrogen-bond donors (Lipinski definition) is 2. The van der Waals surface area contributed by atoms with Crippen molar-refractivity contribution in [1.29, 1.82) is 0 Å². The summed E-state index contributed by atoms with van der Waals surface area (Å²) in [5.74, 6) is 0.281. The van der Waals surface area contributed by atoms with Crippen LogP contribution in [0.3, 0.4) is 0 Å². The summed E-state index contributed by atoms with van der Waals surface area (Å²) >= 11 is 0. The Morgan fingerprint density at radius 1 is 1.33 bits per heavy atom. The Morgan fingerprint density at radius 3 is 2.81 bits per heavy atom. The van der Waals surface area contributed by atoms with Crippen LogP contribution in [0.1, 0.15) is 10.4 Å². The first kappa shape index (κ1) is 15.1. The first-order valence-corrected chi connectivity index (χ1v) is 8.02. The molecule has 112 valence electrons. The van der Waals surface area contributed by atoms with E-state index in [9.17, 15) is 13.2 Å². The monoisotopic (exact) mass is 309 g/mol. The number of nitrogens with zero attached hydrogens (tertiary/aromatic N) is 3. The number of rotatable bonds is 6. The lowest BCUT2D eigenvalue weighted by Crippen LogP contribution is -2.34. The average molecular weight is 309 g/mol. The molecule has 0 spiro atoms. The highest BCUT2D eigenvalue weighted by Gasteiger charge is 2.07. The molecule has 0 fully saturated rings. The number of amides is 1. The van der Waals surface area contributed by atoms with Crippen molar-refractivity contribution in [2.24, 2.45) is 0 Å². The molecule has 9 heteroatoms. The topological polar surface area (TPSA) is 106 Å². The SMILES string of the molecule is CS(=O)(=O)NCCNC(=O)c1ccnc(-n2ccnc2)c1. The zero-order valence-electron chi connectivity index (χ0n) is 11.4. The number of nitrogens with one attached hydrogen (secondary N) is 2. The van der Waals surface area contributed by atoms with Gasteiger partial charge in [0.05, 0.1) is 6.26 Å². The van der Waals surface area contributed by atoms with Crippen LogP contribution in [0.2, 0.25) is 0 Å². The van der Waals surface area contributed by atoms with Crippen LogP contribution in [-0.4, -0.2) is 48.2 Å². The maximum atomic E-state index is 11.9. The Labute approximate surface area is 122 Å². The van der Waals surface area contributed by atoms with Gasteiger partial charge in [0.25, 0.3) is 5.91 Å². The summed E-state index contributed by atoms with van der Waals surface area (Å²) < 4.78 is 25.7. The molecule has 0 aliphatic rings. The van der Waals surface area contributed by atoms with Crippen LogP contribution in [0.4, 0.5) is 0 Å². The zero-order chi connectivity index (χ0) is 15.3. The van der Waals surface area contributed by atoms with Crippen molar-refractivity contribution in [2.75, 3.05) is 19.3 Å². The summed E-state index contributed by atoms with van der Waals surface area (Å²) in [6.07, 6.45) is 7.51. The molecule has 2 heterocycles. The number of sulfonamides is 1. The van der Waals surface area contributed by atoms with Gasteiger partial charge in [-0.1, -0.05) is 0 Å². The summed E-state index contributed by atoms with van der Waals surface area (Å²) in [4.78, 5) is 20.0. The number of pyridine rings is 1. The summed E-state index contributed by atoms with van der Waals surface area (Å²) in [5.41, 5.74) is 0.438. The Morgan fingerprint density at radius 2 is 2.14 bits per heavy atom. The smallest absolute Gasteiger partial charge is 0.251 e. The van der Waals surface area contributed by atoms with E-state index >= 15 is 0 Å². The van der Waals surface area contributed by atoms with E-state index < -0.39 is 10.0 Å². The lowest BCUT2D eigenvalue weighted by atomic mass is 10.2. The molecular weight excluding hydrogens is 294 g/mol. The second-order valence-corrected chi connectivity index (χ2v) is 6.13. The molecule has 0 aromatic carbocycles. The maximum Gasteiger partial charge on any atom is 0.251 e. The largest absolute Gasteiger partial charge is 0.351 e. The van der Waals surface area contributed by atoms with Gasteiger partial charge < -0.3 is 5.32 Å². The molecular formula is C12H15N5O3S. The molecule has 21 heavy (non-hydrogen) atoms. The number of hydrogen-bond acceptors (Lipinski definition) is 5. The van der Waals surface area contributed by atoms with Crippen LogP contribution in [0.25, 0.3) is 5.82 Å². The van der Waals surface area contributed by atoms with E-state index in [1.807, 2.05) is 0 Å². The summed E-state index contributed by atoms with van der Waals surface area (Å²) in [6, 6.07) is 3.21. The predicted molar refractivity (Wildman–Crippen MR) is 76.5 cm³/mol. The molecule has 0 atom stereocenters. The minimum absolute atomic E-state index is 0.143. The fraction of sp³-hybridized carbons (Fsp3) is 0.250. The second kappa shape index (κ2) is 6.46. The van der Waals surface area contributed by atoms with Crippen molar-refractivity contribution in [1.82, 2.24) is 24.6 Å². The lowest BCUT2D eigenvalue weighted by Gasteiger charge is -2.07. The van der Waals surface area contributed by atoms with Crippen molar-refractivity contribution in [3.63, 3.8) is 0 Å². The van der Waals surface area contributed by atoms with Crippen LogP contribution >= 0.6 is 0 Å². The number of imidazole rings is 1. The van der Waals surface area contributed by atoms with Gasteiger partial charge in [-0.15, -0.1) is 0 Å². The lowest BCUT2D eigenvalue weighted by molar-refractivity contribution is 0.0954. The molecule has 8 nitrogen and oxygen atoms in total. The van der Waals surface area contributed by atoms with E-state index in [0.717, 1.165) is 6.26 Å². The quantitative estimate of drug-likeness (QED) is 0.703. The molecule has 1 amide bonds. The first-order valence-electron chi connectivity index (χ1n) is 6.13. The van der Waals surface area contributed by atoms with Crippen molar-refractivity contribution in [3.05, 3.63) is 42.6 Å². The molecule has 0 unspecified atom stereocenters. The van der Waals surface area contributed by atoms with Gasteiger partial charge in [-0.3, -0.25) is 9.36 Å². The summed E-state index contributed by atoms with van der Waals surface area (Å²) in [6.45, 7) is 0.346. The van der Waals surface area contributed by atoms with E-state index in [0.29, 0.717) is 11.4 Å². The van der Waals surface area contributed by atoms with Gasteiger partial charge in [0.1, 0.15) is 12.1 Å². The van der Waals surface area contributed by atoms with Crippen LogP contribution < -0.4 is 10.0 Å². The molecule has 0 saturated carbocycles. The highest BCUT2D eigenvalue weighted by Crippen LogP contribution is 2.06. The van der Waals surface area contributed by atoms with Gasteiger partial charge >= 0.3 is 0 Å². The van der Waals surface area contributed by atoms with Crippen molar-refractivity contribution < 1.29 is 13.2 Å². The van der Waals surface area contributed by atoms with E-state index in [4.69, 9.17) is 0 Å². The number of carbonyl (C=O) groups is 1. The van der Waals surface area contributed by atoms with Gasteiger partial charge in [0.15, 0.2) is 0 Å². The van der Waals surface area contributed by atoms with Crippen LogP contribution in [0.15, 0.2) is 37.1 Å². The molecule has 2 aromatic rings. The number of aromatic nitrogens is 3. The van der Waals surface area contributed by atoms with Gasteiger partial charge in [-0.05, 0) is 12.1 Å². The predicted octanol–water partition coefficient (Wildman–Crippen LogP) is -0.454. The molecule has 2 aromatic heterocycles. The van der Waals surface area contributed by atoms with E-state index in [2.05, 4.69) is 20.0 Å². The van der Waals surface area contributed by atoms with Gasteiger partial charge in [0.2, 0.25) is 10.0 Å². The minimum Gasteiger partial charge on any atom is -0.351 e. The third-order valence-corrected chi connectivity index (χ3v) is 3.28. The highest BCUT2D eigenvalue weighted by molar-refractivity contribution is 7.88. The Hall–Kier alpha value is -2.26. The normalized spacial score (nSPS) is 11.3. The highest BCUT2D eigenvalue weighted by atomic mass is 32.2. The Kier molecular flexibility index (Phi) is 4.66. The Bertz CT molecular complexity index is 712. The van der Waals surface area contributed by atoms with Crippen LogP contribution in [0, 0.1) is 0 Å². The first-order chi connectivity index (χ1) is 9.96. The maximum absolute atomic E-state index is 11.9. The fourth-order valence-corrected chi connectivity index (χ4v) is 2.08. The summed E-state index contributed by atoms with van der Waals surface area (Å²) in [7, 11) is -3.24. The molecule has 0 saturated heterocycles. The van der Waals surface area contributed by atoms with E-state index in [1.54, 1.807) is 35.4 Å². The van der Waals surface area contributed by atoms with E-state index in [1.165, 1.54) is 6.20 Å². The molecule has 0 aliphatic carbocycles. The van der Waals surface area contributed by atoms with Crippen molar-refractivity contribution in [2.45, 2.75) is 0 Å². The molecule has 2 N–H and O–H groups in total.